The molecule has 27 heavy (non-hydrogen) atoms. The molecule has 6 nitrogen and oxygen atoms in total. The summed E-state index contributed by atoms with van der Waals surface area (Å²) >= 11 is 5.24. The third-order valence-electron chi connectivity index (χ3n) is 4.45. The molecule has 1 aliphatic rings. The smallest absolute Gasteiger partial charge is 0.257 e. The highest BCUT2D eigenvalue weighted by Gasteiger charge is 2.14. The van der Waals surface area contributed by atoms with Gasteiger partial charge in [-0.2, -0.15) is 0 Å². The number of morpholine rings is 1. The number of ether oxygens (including phenoxy) is 2. The molecule has 2 aromatic rings. The van der Waals surface area contributed by atoms with Crippen LogP contribution in [0.25, 0.3) is 0 Å². The van der Waals surface area contributed by atoms with E-state index in [2.05, 4.69) is 22.8 Å². The first-order valence-electron chi connectivity index (χ1n) is 8.90. The predicted molar refractivity (Wildman–Crippen MR) is 108 cm³/mol. The van der Waals surface area contributed by atoms with Crippen molar-refractivity contribution in [2.24, 2.45) is 0 Å². The van der Waals surface area contributed by atoms with E-state index in [1.807, 2.05) is 12.1 Å². The second-order valence-corrected chi connectivity index (χ2v) is 6.78. The number of anilines is 1. The number of amides is 1. The summed E-state index contributed by atoms with van der Waals surface area (Å²) < 4.78 is 10.5. The number of nitrogens with one attached hydrogen (secondary N) is 3. The maximum absolute atomic E-state index is 12.2. The fourth-order valence-corrected chi connectivity index (χ4v) is 3.12. The van der Waals surface area contributed by atoms with Gasteiger partial charge >= 0.3 is 0 Å². The van der Waals surface area contributed by atoms with Crippen LogP contribution in [0.5, 0.6) is 5.75 Å². The molecule has 1 fully saturated rings. The highest BCUT2D eigenvalue weighted by atomic mass is 32.1. The number of benzene rings is 2. The average molecular weight is 386 g/mol. The topological polar surface area (TPSA) is 64.0 Å². The number of methoxy groups -OCH3 is 1. The summed E-state index contributed by atoms with van der Waals surface area (Å²) in [5.41, 5.74) is 2.63. The largest absolute Gasteiger partial charge is 0.497 e. The molecule has 0 saturated carbocycles. The first-order valence-corrected chi connectivity index (χ1v) is 9.31. The van der Waals surface area contributed by atoms with Crippen LogP contribution in [0.2, 0.25) is 0 Å². The van der Waals surface area contributed by atoms with Gasteiger partial charge in [-0.3, -0.25) is 10.1 Å². The highest BCUT2D eigenvalue weighted by molar-refractivity contribution is 7.80. The quantitative estimate of drug-likeness (QED) is 0.675. The second kappa shape index (κ2) is 9.45. The maximum atomic E-state index is 12.2. The van der Waals surface area contributed by atoms with Crippen LogP contribution in [0.4, 0.5) is 5.69 Å². The predicted octanol–water partition coefficient (Wildman–Crippen LogP) is 1.24. The van der Waals surface area contributed by atoms with Gasteiger partial charge in [0.15, 0.2) is 5.11 Å². The first kappa shape index (κ1) is 19.3. The van der Waals surface area contributed by atoms with E-state index in [9.17, 15) is 4.79 Å². The minimum atomic E-state index is -0.261. The van der Waals surface area contributed by atoms with Crippen LogP contribution < -0.4 is 20.3 Å². The summed E-state index contributed by atoms with van der Waals surface area (Å²) in [6.45, 7) is 4.74. The van der Waals surface area contributed by atoms with Crippen molar-refractivity contribution in [1.29, 1.82) is 0 Å². The second-order valence-electron chi connectivity index (χ2n) is 6.37. The lowest BCUT2D eigenvalue weighted by Crippen LogP contribution is -3.12. The molecule has 0 bridgehead atoms. The van der Waals surface area contributed by atoms with Gasteiger partial charge in [0, 0.05) is 16.8 Å². The SMILES string of the molecule is COc1ccc(C(=O)NC(=S)Nc2ccc(C[NH+]3CCOCC3)cc2)cc1. The van der Waals surface area contributed by atoms with Gasteiger partial charge in [-0.05, 0) is 48.6 Å². The molecule has 1 aliphatic heterocycles. The molecule has 0 unspecified atom stereocenters. The Morgan fingerprint density at radius 3 is 2.41 bits per heavy atom. The van der Waals surface area contributed by atoms with Crippen molar-refractivity contribution < 1.29 is 19.2 Å². The Hall–Kier alpha value is -2.48. The first-order chi connectivity index (χ1) is 13.1. The van der Waals surface area contributed by atoms with Gasteiger partial charge in [-0.1, -0.05) is 12.1 Å². The number of carbonyl (C=O) groups excluding carboxylic acids is 1. The van der Waals surface area contributed by atoms with Crippen LogP contribution in [0, 0.1) is 0 Å². The van der Waals surface area contributed by atoms with E-state index in [1.54, 1.807) is 31.4 Å². The molecule has 2 aromatic carbocycles. The highest BCUT2D eigenvalue weighted by Crippen LogP contribution is 2.12. The molecule has 7 heteroatoms. The zero-order valence-electron chi connectivity index (χ0n) is 15.3. The van der Waals surface area contributed by atoms with Crippen molar-refractivity contribution in [2.75, 3.05) is 38.7 Å². The van der Waals surface area contributed by atoms with Gasteiger partial charge in [0.25, 0.3) is 5.91 Å². The van der Waals surface area contributed by atoms with E-state index in [4.69, 9.17) is 21.7 Å². The molecule has 0 spiro atoms. The molecule has 0 aromatic heterocycles. The lowest BCUT2D eigenvalue weighted by molar-refractivity contribution is -0.921. The van der Waals surface area contributed by atoms with Crippen LogP contribution in [0.3, 0.4) is 0 Å². The van der Waals surface area contributed by atoms with Crippen LogP contribution in [0.15, 0.2) is 48.5 Å². The Balaban J connectivity index is 1.50. The zero-order chi connectivity index (χ0) is 19.1. The van der Waals surface area contributed by atoms with E-state index in [0.717, 1.165) is 38.5 Å². The minimum absolute atomic E-state index is 0.261. The number of thiocarbonyl (C=S) groups is 1. The maximum Gasteiger partial charge on any atom is 0.257 e. The Morgan fingerprint density at radius 2 is 1.78 bits per heavy atom. The monoisotopic (exact) mass is 386 g/mol. The van der Waals surface area contributed by atoms with Crippen molar-refractivity contribution >= 4 is 28.9 Å². The number of carbonyl (C=O) groups is 1. The van der Waals surface area contributed by atoms with Crippen molar-refractivity contribution in [2.45, 2.75) is 6.54 Å². The van der Waals surface area contributed by atoms with Gasteiger partial charge in [0.1, 0.15) is 25.4 Å². The third kappa shape index (κ3) is 5.75. The summed E-state index contributed by atoms with van der Waals surface area (Å²) in [7, 11) is 1.58. The fraction of sp³-hybridized carbons (Fsp3) is 0.300. The Morgan fingerprint density at radius 1 is 1.11 bits per heavy atom. The lowest BCUT2D eigenvalue weighted by Gasteiger charge is -2.23. The van der Waals surface area contributed by atoms with Crippen LogP contribution >= 0.6 is 12.2 Å². The molecule has 142 valence electrons. The summed E-state index contributed by atoms with van der Waals surface area (Å²) in [4.78, 5) is 13.8. The van der Waals surface area contributed by atoms with Crippen LogP contribution in [0.1, 0.15) is 15.9 Å². The van der Waals surface area contributed by atoms with E-state index in [-0.39, 0.29) is 11.0 Å². The third-order valence-corrected chi connectivity index (χ3v) is 4.65. The lowest BCUT2D eigenvalue weighted by atomic mass is 10.2. The summed E-state index contributed by atoms with van der Waals surface area (Å²) in [5, 5.41) is 6.00. The molecular weight excluding hydrogens is 362 g/mol. The Kier molecular flexibility index (Phi) is 6.75. The van der Waals surface area contributed by atoms with Crippen molar-refractivity contribution in [1.82, 2.24) is 5.32 Å². The average Bonchev–Trinajstić information content (AvgIpc) is 2.70. The summed E-state index contributed by atoms with van der Waals surface area (Å²) in [6, 6.07) is 15.0. The van der Waals surface area contributed by atoms with Gasteiger partial charge in [-0.15, -0.1) is 0 Å². The molecule has 0 aliphatic carbocycles. The molecule has 0 radical (unpaired) electrons. The van der Waals surface area contributed by atoms with E-state index < -0.39 is 0 Å². The molecule has 3 rings (SSSR count). The number of hydrogen-bond donors (Lipinski definition) is 3. The fourth-order valence-electron chi connectivity index (χ4n) is 2.91. The van der Waals surface area contributed by atoms with Gasteiger partial charge in [0.2, 0.25) is 0 Å². The zero-order valence-corrected chi connectivity index (χ0v) is 16.1. The van der Waals surface area contributed by atoms with Gasteiger partial charge in [0.05, 0.1) is 20.3 Å². The molecule has 1 heterocycles. The number of quaternary nitrogens is 1. The standard InChI is InChI=1S/C20H23N3O3S/c1-25-18-8-4-16(5-9-18)19(24)22-20(27)21-17-6-2-15(3-7-17)14-23-10-12-26-13-11-23/h2-9H,10-14H2,1H3,(H2,21,22,24,27)/p+1. The van der Waals surface area contributed by atoms with Crippen molar-refractivity contribution in [3.05, 3.63) is 59.7 Å². The molecule has 1 saturated heterocycles. The van der Waals surface area contributed by atoms with Crippen LogP contribution in [-0.4, -0.2) is 44.4 Å². The van der Waals surface area contributed by atoms with E-state index in [1.165, 1.54) is 10.5 Å². The molecular formula is C20H24N3O3S+. The van der Waals surface area contributed by atoms with Gasteiger partial charge in [-0.25, -0.2) is 0 Å². The van der Waals surface area contributed by atoms with Crippen molar-refractivity contribution in [3.8, 4) is 5.75 Å². The normalized spacial score (nSPS) is 14.4. The summed E-state index contributed by atoms with van der Waals surface area (Å²) in [6.07, 6.45) is 0. The van der Waals surface area contributed by atoms with E-state index in [0.29, 0.717) is 11.3 Å². The Labute approximate surface area is 164 Å². The van der Waals surface area contributed by atoms with Crippen LogP contribution in [-0.2, 0) is 11.3 Å². The minimum Gasteiger partial charge on any atom is -0.497 e. The molecule has 0 atom stereocenters. The number of rotatable bonds is 5. The Bertz CT molecular complexity index is 772. The van der Waals surface area contributed by atoms with E-state index >= 15 is 0 Å². The molecule has 1 amide bonds. The summed E-state index contributed by atoms with van der Waals surface area (Å²) in [5.74, 6) is 0.439. The molecule has 3 N–H and O–H groups in total. The number of hydrogen-bond acceptors (Lipinski definition) is 4. The van der Waals surface area contributed by atoms with Gasteiger partial charge < -0.3 is 19.7 Å². The van der Waals surface area contributed by atoms with Crippen molar-refractivity contribution in [3.63, 3.8) is 0 Å².